The molecule has 2 aliphatic rings. The maximum atomic E-state index is 13.8. The van der Waals surface area contributed by atoms with Crippen LogP contribution < -0.4 is 0 Å². The zero-order chi connectivity index (χ0) is 16.9. The number of rotatable bonds is 6. The van der Waals surface area contributed by atoms with Gasteiger partial charge in [-0.15, -0.1) is 0 Å². The van der Waals surface area contributed by atoms with Crippen LogP contribution in [-0.2, 0) is 12.8 Å². The van der Waals surface area contributed by atoms with E-state index in [-0.39, 0.29) is 5.82 Å². The molecule has 1 aromatic rings. The maximum absolute atomic E-state index is 13.8. The van der Waals surface area contributed by atoms with Gasteiger partial charge in [-0.2, -0.15) is 0 Å². The Balaban J connectivity index is 1.46. The fourth-order valence-electron chi connectivity index (χ4n) is 4.49. The summed E-state index contributed by atoms with van der Waals surface area (Å²) < 4.78 is 27.2. The first-order valence-electron chi connectivity index (χ1n) is 9.80. The molecule has 0 aromatic heterocycles. The molecule has 0 bridgehead atoms. The minimum absolute atomic E-state index is 0.384. The molecule has 24 heavy (non-hydrogen) atoms. The predicted molar refractivity (Wildman–Crippen MR) is 96.1 cm³/mol. The highest BCUT2D eigenvalue weighted by molar-refractivity contribution is 5.38. The lowest BCUT2D eigenvalue weighted by Crippen LogP contribution is -2.15. The second kappa shape index (κ2) is 8.27. The van der Waals surface area contributed by atoms with E-state index in [9.17, 15) is 8.78 Å². The smallest absolute Gasteiger partial charge is 0.129 e. The van der Waals surface area contributed by atoms with Gasteiger partial charge in [0.15, 0.2) is 0 Å². The summed E-state index contributed by atoms with van der Waals surface area (Å²) in [6, 6.07) is 2.53. The highest BCUT2D eigenvalue weighted by Crippen LogP contribution is 2.35. The molecule has 0 unspecified atom stereocenters. The molecular formula is C22H30F2. The third kappa shape index (κ3) is 4.46. The highest BCUT2D eigenvalue weighted by atomic mass is 19.1. The second-order valence-electron chi connectivity index (χ2n) is 7.84. The summed E-state index contributed by atoms with van der Waals surface area (Å²) in [5, 5.41) is 0. The minimum Gasteiger partial charge on any atom is -0.207 e. The molecule has 132 valence electrons. The van der Waals surface area contributed by atoms with Gasteiger partial charge in [-0.25, -0.2) is 8.78 Å². The molecule has 0 aliphatic heterocycles. The van der Waals surface area contributed by atoms with Crippen molar-refractivity contribution in [1.82, 2.24) is 0 Å². The zero-order valence-electron chi connectivity index (χ0n) is 14.9. The van der Waals surface area contributed by atoms with Gasteiger partial charge in [0, 0.05) is 6.07 Å². The standard InChI is InChI=1S/C22H30F2/c1-2-3-4-16-5-7-17(8-6-16)9-10-18-11-12-21-19(13-18)14-20(23)15-22(21)24/h11,14-17H,2-10,12-13H2,1H3. The van der Waals surface area contributed by atoms with Crippen molar-refractivity contribution in [3.8, 4) is 0 Å². The van der Waals surface area contributed by atoms with Crippen LogP contribution >= 0.6 is 0 Å². The number of hydrogen-bond acceptors (Lipinski definition) is 0. The molecule has 0 heterocycles. The molecule has 0 N–H and O–H groups in total. The van der Waals surface area contributed by atoms with Gasteiger partial charge in [-0.3, -0.25) is 0 Å². The molecule has 0 saturated heterocycles. The van der Waals surface area contributed by atoms with E-state index in [1.54, 1.807) is 0 Å². The minimum atomic E-state index is -0.446. The topological polar surface area (TPSA) is 0 Å². The van der Waals surface area contributed by atoms with Crippen LogP contribution in [0.4, 0.5) is 8.78 Å². The normalized spacial score (nSPS) is 23.7. The van der Waals surface area contributed by atoms with Gasteiger partial charge in [0.05, 0.1) is 0 Å². The fourth-order valence-corrected chi connectivity index (χ4v) is 4.49. The van der Waals surface area contributed by atoms with Crippen molar-refractivity contribution in [2.24, 2.45) is 11.8 Å². The summed E-state index contributed by atoms with van der Waals surface area (Å²) in [6.07, 6.45) is 15.6. The molecule has 3 rings (SSSR count). The summed E-state index contributed by atoms with van der Waals surface area (Å²) in [5.41, 5.74) is 2.92. The summed E-state index contributed by atoms with van der Waals surface area (Å²) in [6.45, 7) is 2.28. The Morgan fingerprint density at radius 2 is 1.71 bits per heavy atom. The lowest BCUT2D eigenvalue weighted by Gasteiger charge is -2.29. The van der Waals surface area contributed by atoms with Gasteiger partial charge in [0.25, 0.3) is 0 Å². The van der Waals surface area contributed by atoms with Gasteiger partial charge in [-0.1, -0.05) is 63.5 Å². The molecule has 0 radical (unpaired) electrons. The molecule has 1 saturated carbocycles. The quantitative estimate of drug-likeness (QED) is 0.504. The van der Waals surface area contributed by atoms with Crippen molar-refractivity contribution in [2.75, 3.05) is 0 Å². The maximum Gasteiger partial charge on any atom is 0.129 e. The molecule has 0 spiro atoms. The van der Waals surface area contributed by atoms with Crippen LogP contribution in [0.15, 0.2) is 23.8 Å². The number of benzene rings is 1. The second-order valence-corrected chi connectivity index (χ2v) is 7.84. The first kappa shape index (κ1) is 17.6. The van der Waals surface area contributed by atoms with Crippen molar-refractivity contribution < 1.29 is 8.78 Å². The van der Waals surface area contributed by atoms with Crippen molar-refractivity contribution in [3.05, 3.63) is 46.5 Å². The first-order chi connectivity index (χ1) is 11.7. The van der Waals surface area contributed by atoms with Gasteiger partial charge < -0.3 is 0 Å². The Hall–Kier alpha value is -1.18. The van der Waals surface area contributed by atoms with Crippen LogP contribution in [0.3, 0.4) is 0 Å². The van der Waals surface area contributed by atoms with Crippen molar-refractivity contribution >= 4 is 0 Å². The fraction of sp³-hybridized carbons (Fsp3) is 0.636. The Labute approximate surface area is 145 Å². The van der Waals surface area contributed by atoms with E-state index in [0.717, 1.165) is 36.3 Å². The van der Waals surface area contributed by atoms with Crippen LogP contribution in [0.5, 0.6) is 0 Å². The largest absolute Gasteiger partial charge is 0.207 e. The Bertz CT molecular complexity index is 580. The van der Waals surface area contributed by atoms with Gasteiger partial charge in [0.1, 0.15) is 11.6 Å². The third-order valence-electron chi connectivity index (χ3n) is 6.07. The van der Waals surface area contributed by atoms with Crippen molar-refractivity contribution in [2.45, 2.75) is 77.6 Å². The van der Waals surface area contributed by atoms with Crippen LogP contribution in [0, 0.1) is 23.5 Å². The SMILES string of the molecule is CCCCC1CCC(CCC2=CCc3c(F)cc(F)cc3C2)CC1. The third-order valence-corrected chi connectivity index (χ3v) is 6.07. The average Bonchev–Trinajstić information content (AvgIpc) is 2.58. The molecule has 0 atom stereocenters. The van der Waals surface area contributed by atoms with Crippen LogP contribution in [0.2, 0.25) is 0 Å². The van der Waals surface area contributed by atoms with E-state index in [1.807, 2.05) is 0 Å². The van der Waals surface area contributed by atoms with E-state index < -0.39 is 5.82 Å². The van der Waals surface area contributed by atoms with E-state index >= 15 is 0 Å². The first-order valence-corrected chi connectivity index (χ1v) is 9.80. The number of fused-ring (bicyclic) bond motifs is 1. The Morgan fingerprint density at radius 1 is 1.00 bits per heavy atom. The van der Waals surface area contributed by atoms with Crippen molar-refractivity contribution in [1.29, 1.82) is 0 Å². The Morgan fingerprint density at radius 3 is 2.42 bits per heavy atom. The summed E-state index contributed by atoms with van der Waals surface area (Å²) in [4.78, 5) is 0. The number of unbranched alkanes of at least 4 members (excludes halogenated alkanes) is 1. The molecule has 0 amide bonds. The number of allylic oxidation sites excluding steroid dienone is 2. The summed E-state index contributed by atoms with van der Waals surface area (Å²) in [7, 11) is 0. The molecule has 1 fully saturated rings. The van der Waals surface area contributed by atoms with Crippen molar-refractivity contribution in [3.63, 3.8) is 0 Å². The lowest BCUT2D eigenvalue weighted by molar-refractivity contribution is 0.249. The van der Waals surface area contributed by atoms with E-state index in [2.05, 4.69) is 13.0 Å². The van der Waals surface area contributed by atoms with E-state index in [1.165, 1.54) is 63.0 Å². The number of hydrogen-bond donors (Lipinski definition) is 0. The average molecular weight is 332 g/mol. The monoisotopic (exact) mass is 332 g/mol. The van der Waals surface area contributed by atoms with Crippen LogP contribution in [0.25, 0.3) is 0 Å². The molecule has 2 heteroatoms. The predicted octanol–water partition coefficient (Wildman–Crippen LogP) is 6.77. The van der Waals surface area contributed by atoms with Gasteiger partial charge in [0.2, 0.25) is 0 Å². The lowest BCUT2D eigenvalue weighted by atomic mass is 9.77. The van der Waals surface area contributed by atoms with Gasteiger partial charge >= 0.3 is 0 Å². The number of halogens is 2. The molecule has 1 aromatic carbocycles. The molecule has 2 aliphatic carbocycles. The summed E-state index contributed by atoms with van der Waals surface area (Å²) >= 11 is 0. The van der Waals surface area contributed by atoms with Crippen LogP contribution in [0.1, 0.15) is 75.8 Å². The molecule has 0 nitrogen and oxygen atoms in total. The van der Waals surface area contributed by atoms with Crippen LogP contribution in [-0.4, -0.2) is 0 Å². The van der Waals surface area contributed by atoms with E-state index in [4.69, 9.17) is 0 Å². The zero-order valence-corrected chi connectivity index (χ0v) is 14.9. The Kier molecular flexibility index (Phi) is 6.08. The molecular weight excluding hydrogens is 302 g/mol. The summed E-state index contributed by atoms with van der Waals surface area (Å²) in [5.74, 6) is 0.992. The van der Waals surface area contributed by atoms with E-state index in [0.29, 0.717) is 12.0 Å². The van der Waals surface area contributed by atoms with Gasteiger partial charge in [-0.05, 0) is 54.7 Å². The highest BCUT2D eigenvalue weighted by Gasteiger charge is 2.22.